The average Bonchev–Trinajstić information content (AvgIpc) is 2.93. The summed E-state index contributed by atoms with van der Waals surface area (Å²) in [4.78, 5) is 23.3. The summed E-state index contributed by atoms with van der Waals surface area (Å²) in [5.74, 6) is 0.440. The van der Waals surface area contributed by atoms with Crippen LogP contribution in [0.5, 0.6) is 17.2 Å². The van der Waals surface area contributed by atoms with Gasteiger partial charge in [0.2, 0.25) is 0 Å². The Morgan fingerprint density at radius 1 is 0.676 bits per heavy atom. The largest absolute Gasteiger partial charge is 0.494 e. The molecule has 0 radical (unpaired) electrons. The van der Waals surface area contributed by atoms with E-state index in [1.807, 2.05) is 48.5 Å². The summed E-state index contributed by atoms with van der Waals surface area (Å²) in [7, 11) is 0. The first-order valence-electron chi connectivity index (χ1n) is 11.9. The number of carbonyl (C=O) groups excluding carboxylic acids is 2. The normalized spacial score (nSPS) is 10.6. The van der Waals surface area contributed by atoms with E-state index in [2.05, 4.69) is 13.2 Å². The van der Waals surface area contributed by atoms with Crippen molar-refractivity contribution in [3.05, 3.63) is 110 Å². The minimum atomic E-state index is -0.558. The molecule has 0 aliphatic heterocycles. The summed E-state index contributed by atoms with van der Waals surface area (Å²) in [6, 6.07) is 22.0. The summed E-state index contributed by atoms with van der Waals surface area (Å²) in [6.07, 6.45) is 7.75. The highest BCUT2D eigenvalue weighted by Crippen LogP contribution is 2.23. The van der Waals surface area contributed by atoms with Crippen LogP contribution < -0.4 is 14.2 Å². The highest BCUT2D eigenvalue weighted by Gasteiger charge is 2.04. The number of hydrogen-bond donors (Lipinski definition) is 0. The molecule has 3 aromatic carbocycles. The highest BCUT2D eigenvalue weighted by atomic mass is 16.5. The fourth-order valence-corrected chi connectivity index (χ4v) is 3.24. The molecule has 0 atom stereocenters. The van der Waals surface area contributed by atoms with Crippen molar-refractivity contribution >= 4 is 18.0 Å². The van der Waals surface area contributed by atoms with E-state index in [4.69, 9.17) is 18.9 Å². The Hall–Kier alpha value is -4.42. The van der Waals surface area contributed by atoms with Crippen molar-refractivity contribution in [2.45, 2.75) is 12.8 Å². The van der Waals surface area contributed by atoms with Gasteiger partial charge in [0.05, 0.1) is 13.2 Å². The molecule has 0 N–H and O–H groups in total. The predicted octanol–water partition coefficient (Wildman–Crippen LogP) is 6.43. The van der Waals surface area contributed by atoms with Gasteiger partial charge >= 0.3 is 11.9 Å². The summed E-state index contributed by atoms with van der Waals surface area (Å²) in [5.41, 5.74) is 3.00. The number of hydrogen-bond acceptors (Lipinski definition) is 6. The zero-order valence-corrected chi connectivity index (χ0v) is 20.6. The maximum atomic E-state index is 12.1. The smallest absolute Gasteiger partial charge is 0.336 e. The standard InChI is InChI=1S/C31H30O6/c1-3-21-34-22-5-6-23-35-27-14-12-26(13-15-27)25-10-7-24(8-11-25)9-20-31(33)37-29-18-16-28(17-19-29)36-30(32)4-2/h3-4,7-20H,1-2,5-6,21-23H2/b20-9+. The Labute approximate surface area is 217 Å². The van der Waals surface area contributed by atoms with Gasteiger partial charge in [0.15, 0.2) is 0 Å². The zero-order valence-electron chi connectivity index (χ0n) is 20.6. The first-order chi connectivity index (χ1) is 18.1. The molecule has 6 nitrogen and oxygen atoms in total. The van der Waals surface area contributed by atoms with Gasteiger partial charge in [-0.15, -0.1) is 6.58 Å². The molecule has 0 bridgehead atoms. The van der Waals surface area contributed by atoms with Crippen molar-refractivity contribution in [3.63, 3.8) is 0 Å². The lowest BCUT2D eigenvalue weighted by Crippen LogP contribution is -2.05. The van der Waals surface area contributed by atoms with Gasteiger partial charge in [-0.2, -0.15) is 0 Å². The third-order valence-electron chi connectivity index (χ3n) is 5.12. The molecule has 0 saturated carbocycles. The topological polar surface area (TPSA) is 71.1 Å². The van der Waals surface area contributed by atoms with Gasteiger partial charge in [-0.25, -0.2) is 9.59 Å². The van der Waals surface area contributed by atoms with Gasteiger partial charge < -0.3 is 18.9 Å². The minimum Gasteiger partial charge on any atom is -0.494 e. The monoisotopic (exact) mass is 498 g/mol. The van der Waals surface area contributed by atoms with E-state index in [0.717, 1.165) is 41.4 Å². The Balaban J connectivity index is 1.45. The summed E-state index contributed by atoms with van der Waals surface area (Å²) < 4.78 is 21.4. The van der Waals surface area contributed by atoms with Crippen molar-refractivity contribution in [2.24, 2.45) is 0 Å². The van der Waals surface area contributed by atoms with Crippen molar-refractivity contribution in [2.75, 3.05) is 19.8 Å². The summed E-state index contributed by atoms with van der Waals surface area (Å²) in [5, 5.41) is 0. The number of rotatable bonds is 14. The number of esters is 2. The van der Waals surface area contributed by atoms with Crippen molar-refractivity contribution in [1.82, 2.24) is 0 Å². The van der Waals surface area contributed by atoms with Crippen molar-refractivity contribution in [3.8, 4) is 28.4 Å². The average molecular weight is 499 g/mol. The molecule has 190 valence electrons. The molecule has 0 saturated heterocycles. The van der Waals surface area contributed by atoms with E-state index in [9.17, 15) is 9.59 Å². The van der Waals surface area contributed by atoms with E-state index in [0.29, 0.717) is 31.3 Å². The summed E-state index contributed by atoms with van der Waals surface area (Å²) >= 11 is 0. The molecule has 0 amide bonds. The maximum Gasteiger partial charge on any atom is 0.336 e. The lowest BCUT2D eigenvalue weighted by atomic mass is 10.0. The van der Waals surface area contributed by atoms with Gasteiger partial charge in [0.25, 0.3) is 0 Å². The molecule has 37 heavy (non-hydrogen) atoms. The van der Waals surface area contributed by atoms with Gasteiger partial charge in [-0.1, -0.05) is 49.1 Å². The Morgan fingerprint density at radius 3 is 1.81 bits per heavy atom. The molecular weight excluding hydrogens is 468 g/mol. The van der Waals surface area contributed by atoms with Crippen LogP contribution in [0, 0.1) is 0 Å². The Morgan fingerprint density at radius 2 is 1.22 bits per heavy atom. The van der Waals surface area contributed by atoms with Crippen LogP contribution in [0.4, 0.5) is 0 Å². The number of ether oxygens (including phenoxy) is 4. The molecule has 0 unspecified atom stereocenters. The van der Waals surface area contributed by atoms with Crippen LogP contribution in [0.15, 0.2) is 104 Å². The third-order valence-corrected chi connectivity index (χ3v) is 5.12. The van der Waals surface area contributed by atoms with Crippen LogP contribution >= 0.6 is 0 Å². The molecule has 0 aliphatic carbocycles. The first-order valence-corrected chi connectivity index (χ1v) is 11.9. The summed E-state index contributed by atoms with van der Waals surface area (Å²) in [6.45, 7) is 8.91. The molecular formula is C31H30O6. The van der Waals surface area contributed by atoms with Crippen LogP contribution in [0.25, 0.3) is 17.2 Å². The van der Waals surface area contributed by atoms with E-state index in [1.54, 1.807) is 24.3 Å². The van der Waals surface area contributed by atoms with E-state index < -0.39 is 11.9 Å². The molecule has 6 heteroatoms. The van der Waals surface area contributed by atoms with Gasteiger partial charge in [-0.05, 0) is 72.0 Å². The van der Waals surface area contributed by atoms with Gasteiger partial charge in [0, 0.05) is 18.8 Å². The molecule has 3 rings (SSSR count). The Bertz CT molecular complexity index is 1190. The molecule has 0 aliphatic rings. The second kappa shape index (κ2) is 14.9. The fraction of sp³-hybridized carbons (Fsp3) is 0.161. The molecule has 0 aromatic heterocycles. The van der Waals surface area contributed by atoms with Gasteiger partial charge in [0.1, 0.15) is 17.2 Å². The lowest BCUT2D eigenvalue weighted by molar-refractivity contribution is -0.130. The van der Waals surface area contributed by atoms with E-state index >= 15 is 0 Å². The maximum absolute atomic E-state index is 12.1. The number of benzene rings is 3. The molecule has 0 fully saturated rings. The Kier molecular flexibility index (Phi) is 10.9. The zero-order chi connectivity index (χ0) is 26.3. The molecule has 0 spiro atoms. The van der Waals surface area contributed by atoms with Crippen LogP contribution in [0.1, 0.15) is 18.4 Å². The van der Waals surface area contributed by atoms with Crippen LogP contribution in [-0.2, 0) is 14.3 Å². The lowest BCUT2D eigenvalue weighted by Gasteiger charge is -2.08. The highest BCUT2D eigenvalue weighted by molar-refractivity contribution is 5.89. The molecule has 3 aromatic rings. The van der Waals surface area contributed by atoms with Crippen LogP contribution in [0.2, 0.25) is 0 Å². The van der Waals surface area contributed by atoms with E-state index in [1.165, 1.54) is 18.2 Å². The van der Waals surface area contributed by atoms with Crippen LogP contribution in [-0.4, -0.2) is 31.8 Å². The first kappa shape index (κ1) is 27.2. The van der Waals surface area contributed by atoms with Crippen molar-refractivity contribution in [1.29, 1.82) is 0 Å². The SMILES string of the molecule is C=CCOCCCCOc1ccc(-c2ccc(/C=C/C(=O)Oc3ccc(OC(=O)C=C)cc3)cc2)cc1. The van der Waals surface area contributed by atoms with Crippen molar-refractivity contribution < 1.29 is 28.5 Å². The fourth-order valence-electron chi connectivity index (χ4n) is 3.24. The quantitative estimate of drug-likeness (QED) is 0.0839. The third kappa shape index (κ3) is 9.63. The molecule has 0 heterocycles. The van der Waals surface area contributed by atoms with Crippen LogP contribution in [0.3, 0.4) is 0 Å². The van der Waals surface area contributed by atoms with E-state index in [-0.39, 0.29) is 0 Å². The van der Waals surface area contributed by atoms with Gasteiger partial charge in [-0.3, -0.25) is 0 Å². The second-order valence-corrected chi connectivity index (χ2v) is 7.92. The minimum absolute atomic E-state index is 0.337. The predicted molar refractivity (Wildman–Crippen MR) is 145 cm³/mol. The number of unbranched alkanes of at least 4 members (excludes halogenated alkanes) is 1. The number of carbonyl (C=O) groups is 2. The second-order valence-electron chi connectivity index (χ2n) is 7.92.